The van der Waals surface area contributed by atoms with E-state index < -0.39 is 0 Å². The van der Waals surface area contributed by atoms with E-state index in [0.29, 0.717) is 42.6 Å². The third kappa shape index (κ3) is 3.48. The minimum absolute atomic E-state index is 0.214. The summed E-state index contributed by atoms with van der Waals surface area (Å²) in [5.41, 5.74) is 2.74. The first-order valence-corrected chi connectivity index (χ1v) is 7.80. The van der Waals surface area contributed by atoms with Crippen LogP contribution < -0.4 is 10.1 Å². The molecule has 7 heteroatoms. The van der Waals surface area contributed by atoms with Gasteiger partial charge in [0.05, 0.1) is 38.6 Å². The first kappa shape index (κ1) is 15.8. The Kier molecular flexibility index (Phi) is 4.83. The summed E-state index contributed by atoms with van der Waals surface area (Å²) in [6.07, 6.45) is 2.68. The highest BCUT2D eigenvalue weighted by Crippen LogP contribution is 2.22. The summed E-state index contributed by atoms with van der Waals surface area (Å²) in [7, 11) is 1.53. The molecule has 1 amide bonds. The lowest BCUT2D eigenvalue weighted by Gasteiger charge is -2.15. The zero-order valence-corrected chi connectivity index (χ0v) is 13.6. The van der Waals surface area contributed by atoms with Crippen LogP contribution in [0.15, 0.2) is 24.4 Å². The number of fused-ring (bicyclic) bond motifs is 1. The Bertz CT molecular complexity index is 715. The van der Waals surface area contributed by atoms with Gasteiger partial charge in [0.25, 0.3) is 5.91 Å². The fraction of sp³-hybridized carbons (Fsp3) is 0.375. The molecule has 0 saturated carbocycles. The summed E-state index contributed by atoms with van der Waals surface area (Å²) < 4.78 is 12.5. The van der Waals surface area contributed by atoms with E-state index in [1.807, 2.05) is 10.9 Å². The van der Waals surface area contributed by atoms with Crippen molar-refractivity contribution in [3.05, 3.63) is 46.2 Å². The molecule has 0 fully saturated rings. The van der Waals surface area contributed by atoms with Crippen molar-refractivity contribution in [2.75, 3.05) is 20.3 Å². The minimum atomic E-state index is -0.214. The number of rotatable bonds is 5. The molecule has 0 aliphatic carbocycles. The second-order valence-corrected chi connectivity index (χ2v) is 5.68. The molecule has 0 spiro atoms. The minimum Gasteiger partial charge on any atom is -0.496 e. The van der Waals surface area contributed by atoms with Gasteiger partial charge in [-0.2, -0.15) is 5.10 Å². The van der Waals surface area contributed by atoms with Crippen LogP contribution in [0.3, 0.4) is 0 Å². The topological polar surface area (TPSA) is 65.4 Å². The number of nitrogens with one attached hydrogen (secondary N) is 1. The molecule has 6 nitrogen and oxygen atoms in total. The van der Waals surface area contributed by atoms with E-state index in [1.54, 1.807) is 18.2 Å². The molecule has 0 atom stereocenters. The number of hydrogen-bond donors (Lipinski definition) is 1. The van der Waals surface area contributed by atoms with Crippen molar-refractivity contribution in [3.8, 4) is 5.75 Å². The highest BCUT2D eigenvalue weighted by Gasteiger charge is 2.16. The molecule has 2 heterocycles. The summed E-state index contributed by atoms with van der Waals surface area (Å²) in [5.74, 6) is 0.286. The molecule has 0 radical (unpaired) electrons. The maximum absolute atomic E-state index is 12.3. The molecule has 0 bridgehead atoms. The number of ether oxygens (including phenoxy) is 2. The third-order valence-electron chi connectivity index (χ3n) is 3.79. The summed E-state index contributed by atoms with van der Waals surface area (Å²) in [4.78, 5) is 12.3. The fourth-order valence-corrected chi connectivity index (χ4v) is 2.80. The molecule has 2 aromatic rings. The first-order chi connectivity index (χ1) is 11.2. The Morgan fingerprint density at radius 3 is 3.22 bits per heavy atom. The molecule has 1 aliphatic rings. The summed E-state index contributed by atoms with van der Waals surface area (Å²) in [6, 6.07) is 4.97. The molecule has 1 aliphatic heterocycles. The van der Waals surface area contributed by atoms with Gasteiger partial charge in [-0.3, -0.25) is 9.48 Å². The van der Waals surface area contributed by atoms with Gasteiger partial charge < -0.3 is 14.8 Å². The van der Waals surface area contributed by atoms with Crippen LogP contribution in [-0.4, -0.2) is 35.9 Å². The van der Waals surface area contributed by atoms with Gasteiger partial charge in [-0.1, -0.05) is 11.6 Å². The van der Waals surface area contributed by atoms with Crippen molar-refractivity contribution in [2.24, 2.45) is 0 Å². The highest BCUT2D eigenvalue weighted by atomic mass is 35.5. The molecule has 3 rings (SSSR count). The van der Waals surface area contributed by atoms with E-state index in [0.717, 1.165) is 12.0 Å². The number of carbonyl (C=O) groups excluding carboxylic acids is 1. The van der Waals surface area contributed by atoms with E-state index in [-0.39, 0.29) is 5.91 Å². The molecule has 1 N–H and O–H groups in total. The Balaban J connectivity index is 1.62. The van der Waals surface area contributed by atoms with Crippen LogP contribution in [0.4, 0.5) is 0 Å². The van der Waals surface area contributed by atoms with E-state index in [4.69, 9.17) is 21.1 Å². The molecule has 1 aromatic heterocycles. The van der Waals surface area contributed by atoms with Gasteiger partial charge in [0.2, 0.25) is 0 Å². The van der Waals surface area contributed by atoms with Crippen molar-refractivity contribution in [3.63, 3.8) is 0 Å². The van der Waals surface area contributed by atoms with Crippen LogP contribution in [0.25, 0.3) is 0 Å². The van der Waals surface area contributed by atoms with Crippen molar-refractivity contribution >= 4 is 17.5 Å². The monoisotopic (exact) mass is 335 g/mol. The first-order valence-electron chi connectivity index (χ1n) is 7.42. The van der Waals surface area contributed by atoms with E-state index in [2.05, 4.69) is 10.4 Å². The Morgan fingerprint density at radius 2 is 2.39 bits per heavy atom. The number of halogens is 1. The average Bonchev–Trinajstić information content (AvgIpc) is 2.98. The van der Waals surface area contributed by atoms with Gasteiger partial charge in [-0.25, -0.2) is 0 Å². The number of nitrogens with zero attached hydrogens (tertiary/aromatic N) is 2. The number of amides is 1. The number of methoxy groups -OCH3 is 1. The van der Waals surface area contributed by atoms with Crippen molar-refractivity contribution < 1.29 is 14.3 Å². The average molecular weight is 336 g/mol. The van der Waals surface area contributed by atoms with Crippen LogP contribution in [0.5, 0.6) is 5.75 Å². The van der Waals surface area contributed by atoms with Gasteiger partial charge in [-0.05, 0) is 18.2 Å². The molecule has 0 unspecified atom stereocenters. The number of carbonyl (C=O) groups is 1. The second-order valence-electron chi connectivity index (χ2n) is 5.24. The standard InChI is InChI=1S/C16H18ClN3O3/c1-22-15-3-2-12(17)8-13(15)16(21)18-5-6-20-14-4-7-23-10-11(14)9-19-20/h2-3,8-9H,4-7,10H2,1H3,(H,18,21). The second kappa shape index (κ2) is 7.02. The SMILES string of the molecule is COc1ccc(Cl)cc1C(=O)NCCn1ncc2c1CCOC2. The van der Waals surface area contributed by atoms with Crippen molar-refractivity contribution in [1.29, 1.82) is 0 Å². The summed E-state index contributed by atoms with van der Waals surface area (Å²) >= 11 is 5.95. The zero-order chi connectivity index (χ0) is 16.2. The number of hydrogen-bond acceptors (Lipinski definition) is 4. The van der Waals surface area contributed by atoms with E-state index in [9.17, 15) is 4.79 Å². The molecule has 1 aromatic carbocycles. The Hall–Kier alpha value is -2.05. The highest BCUT2D eigenvalue weighted by molar-refractivity contribution is 6.31. The van der Waals surface area contributed by atoms with Gasteiger partial charge in [0.1, 0.15) is 5.75 Å². The van der Waals surface area contributed by atoms with Crippen molar-refractivity contribution in [2.45, 2.75) is 19.6 Å². The van der Waals surface area contributed by atoms with Gasteiger partial charge in [-0.15, -0.1) is 0 Å². The molecule has 0 saturated heterocycles. The Labute approximate surface area is 139 Å². The molecule has 23 heavy (non-hydrogen) atoms. The normalized spacial score (nSPS) is 13.5. The van der Waals surface area contributed by atoms with Crippen LogP contribution in [0.1, 0.15) is 21.6 Å². The molecule has 122 valence electrons. The quantitative estimate of drug-likeness (QED) is 0.908. The predicted octanol–water partition coefficient (Wildman–Crippen LogP) is 2.05. The number of aromatic nitrogens is 2. The van der Waals surface area contributed by atoms with E-state index in [1.165, 1.54) is 12.8 Å². The maximum atomic E-state index is 12.3. The lowest BCUT2D eigenvalue weighted by molar-refractivity contribution is 0.0947. The van der Waals surface area contributed by atoms with Gasteiger partial charge in [0.15, 0.2) is 0 Å². The lowest BCUT2D eigenvalue weighted by Crippen LogP contribution is -2.28. The van der Waals surface area contributed by atoms with Crippen LogP contribution >= 0.6 is 11.6 Å². The van der Waals surface area contributed by atoms with Crippen LogP contribution in [0, 0.1) is 0 Å². The van der Waals surface area contributed by atoms with E-state index >= 15 is 0 Å². The summed E-state index contributed by atoms with van der Waals surface area (Å²) in [6.45, 7) is 2.42. The summed E-state index contributed by atoms with van der Waals surface area (Å²) in [5, 5.41) is 7.73. The largest absolute Gasteiger partial charge is 0.496 e. The molecular weight excluding hydrogens is 318 g/mol. The number of benzene rings is 1. The Morgan fingerprint density at radius 1 is 1.52 bits per heavy atom. The van der Waals surface area contributed by atoms with Gasteiger partial charge >= 0.3 is 0 Å². The third-order valence-corrected chi connectivity index (χ3v) is 4.03. The maximum Gasteiger partial charge on any atom is 0.255 e. The van der Waals surface area contributed by atoms with Crippen LogP contribution in [-0.2, 0) is 24.3 Å². The molecular formula is C16H18ClN3O3. The van der Waals surface area contributed by atoms with Crippen LogP contribution in [0.2, 0.25) is 5.02 Å². The van der Waals surface area contributed by atoms with Gasteiger partial charge in [0, 0.05) is 29.2 Å². The smallest absolute Gasteiger partial charge is 0.255 e. The zero-order valence-electron chi connectivity index (χ0n) is 12.8. The fourth-order valence-electron chi connectivity index (χ4n) is 2.63. The lowest BCUT2D eigenvalue weighted by atomic mass is 10.2. The van der Waals surface area contributed by atoms with Crippen molar-refractivity contribution in [1.82, 2.24) is 15.1 Å². The predicted molar refractivity (Wildman–Crippen MR) is 85.9 cm³/mol.